The fourth-order valence-corrected chi connectivity index (χ4v) is 3.69. The average molecular weight is 361 g/mol. The highest BCUT2D eigenvalue weighted by Crippen LogP contribution is 2.30. The molecule has 0 spiro atoms. The number of thiocarbonyl (C=S) groups is 1. The average Bonchev–Trinajstić information content (AvgIpc) is 2.74. The molecule has 124 valence electrons. The normalized spacial score (nSPS) is 19.6. The van der Waals surface area contributed by atoms with E-state index in [1.807, 2.05) is 48.5 Å². The highest BCUT2D eigenvalue weighted by Gasteiger charge is 2.40. The predicted octanol–water partition coefficient (Wildman–Crippen LogP) is 0.962. The molecule has 2 heterocycles. The van der Waals surface area contributed by atoms with Crippen LogP contribution < -0.4 is 15.3 Å². The summed E-state index contributed by atoms with van der Waals surface area (Å²) in [4.78, 5) is 5.72. The van der Waals surface area contributed by atoms with Crippen molar-refractivity contribution in [2.75, 3.05) is 18.5 Å². The fraction of sp³-hybridized carbons (Fsp3) is 0.176. The Morgan fingerprint density at radius 1 is 1.21 bits per heavy atom. The fourth-order valence-electron chi connectivity index (χ4n) is 3.16. The molecule has 3 N–H and O–H groups in total. The van der Waals surface area contributed by atoms with Crippen molar-refractivity contribution in [3.63, 3.8) is 0 Å². The van der Waals surface area contributed by atoms with Gasteiger partial charge < -0.3 is 5.48 Å². The lowest BCUT2D eigenvalue weighted by Crippen LogP contribution is -2.77. The van der Waals surface area contributed by atoms with E-state index < -0.39 is 0 Å². The van der Waals surface area contributed by atoms with Gasteiger partial charge in [-0.25, -0.2) is 4.99 Å². The van der Waals surface area contributed by atoms with Crippen LogP contribution in [0.15, 0.2) is 48.5 Å². The second-order valence-corrected chi connectivity index (χ2v) is 6.49. The minimum Gasteiger partial charge on any atom is -0.870 e. The number of hydrogen-bond acceptors (Lipinski definition) is 3. The Kier molecular flexibility index (Phi) is 4.56. The number of hydrogen-bond donors (Lipinski definition) is 2. The number of halogens is 1. The maximum Gasteiger partial charge on any atom is 0.215 e. The number of anilines is 1. The van der Waals surface area contributed by atoms with Gasteiger partial charge in [0.1, 0.15) is 0 Å². The Balaban J connectivity index is 0.00000169. The van der Waals surface area contributed by atoms with Crippen molar-refractivity contribution in [3.8, 4) is 0 Å². The summed E-state index contributed by atoms with van der Waals surface area (Å²) in [6, 6.07) is 16.2. The Bertz CT molecular complexity index is 811. The maximum absolute atomic E-state index is 6.27. The van der Waals surface area contributed by atoms with Crippen LogP contribution in [0.1, 0.15) is 11.1 Å². The van der Waals surface area contributed by atoms with Crippen LogP contribution >= 0.6 is 23.8 Å². The number of nitrogens with one attached hydrogen (secondary N) is 2. The summed E-state index contributed by atoms with van der Waals surface area (Å²) in [6.45, 7) is 0.750. The standard InChI is InChI=1S/C17H15ClN4S.H2O/c1-21-15-10-19-16(11-5-3-2-4-6-11)13-9-12(18)7-8-14(13)22(15)17(23)20-21;/h2-9,15H,10H2,1H3,(H,20,23);1H2. The van der Waals surface area contributed by atoms with Crippen LogP contribution in [0, 0.1) is 0 Å². The molecule has 0 aromatic heterocycles. The Morgan fingerprint density at radius 3 is 2.71 bits per heavy atom. The van der Waals surface area contributed by atoms with E-state index in [-0.39, 0.29) is 11.6 Å². The number of benzene rings is 2. The van der Waals surface area contributed by atoms with Gasteiger partial charge in [0.2, 0.25) is 5.71 Å². The third kappa shape index (κ3) is 2.67. The van der Waals surface area contributed by atoms with E-state index in [0.29, 0.717) is 10.1 Å². The van der Waals surface area contributed by atoms with Crippen LogP contribution in [-0.2, 0) is 0 Å². The van der Waals surface area contributed by atoms with E-state index in [2.05, 4.69) is 27.5 Å². The number of rotatable bonds is 1. The zero-order valence-electron chi connectivity index (χ0n) is 13.0. The molecule has 0 radical (unpaired) electrons. The van der Waals surface area contributed by atoms with Crippen molar-refractivity contribution in [1.82, 2.24) is 10.4 Å². The summed E-state index contributed by atoms with van der Waals surface area (Å²) >= 11 is 11.8. The van der Waals surface area contributed by atoms with Gasteiger partial charge in [-0.2, -0.15) is 5.01 Å². The van der Waals surface area contributed by atoms with Crippen molar-refractivity contribution >= 4 is 40.3 Å². The molecule has 1 atom stereocenters. The lowest BCUT2D eigenvalue weighted by molar-refractivity contribution is -0.462. The third-order valence-electron chi connectivity index (χ3n) is 4.25. The molecule has 5 nitrogen and oxygen atoms in total. The summed E-state index contributed by atoms with van der Waals surface area (Å²) in [7, 11) is 2.00. The number of nitrogens with zero attached hydrogens (tertiary/aromatic N) is 2. The van der Waals surface area contributed by atoms with Crippen molar-refractivity contribution in [1.29, 1.82) is 0 Å². The SMILES string of the molecule is CN1NC(=S)N2c3ccc(Cl)cc3C(c3ccccc3)=[NH+]CC12.[OH-]. The molecule has 2 aromatic rings. The molecule has 0 amide bonds. The molecule has 24 heavy (non-hydrogen) atoms. The number of likely N-dealkylation sites (N-methyl/N-ethyl adjacent to an activating group) is 1. The minimum atomic E-state index is 0. The molecule has 1 saturated heterocycles. The van der Waals surface area contributed by atoms with Gasteiger partial charge in [-0.1, -0.05) is 29.8 Å². The van der Waals surface area contributed by atoms with Crippen LogP contribution in [0.25, 0.3) is 0 Å². The van der Waals surface area contributed by atoms with E-state index in [0.717, 1.165) is 29.1 Å². The molecular weight excluding hydrogens is 344 g/mol. The summed E-state index contributed by atoms with van der Waals surface area (Å²) in [6.07, 6.45) is 0.114. The van der Waals surface area contributed by atoms with Crippen LogP contribution in [-0.4, -0.2) is 41.1 Å². The molecule has 1 fully saturated rings. The second-order valence-electron chi connectivity index (χ2n) is 5.66. The van der Waals surface area contributed by atoms with Gasteiger partial charge in [0.25, 0.3) is 0 Å². The lowest BCUT2D eigenvalue weighted by Gasteiger charge is -2.23. The predicted molar refractivity (Wildman–Crippen MR) is 98.6 cm³/mol. The molecule has 2 aromatic carbocycles. The topological polar surface area (TPSA) is 62.5 Å². The zero-order valence-corrected chi connectivity index (χ0v) is 14.6. The van der Waals surface area contributed by atoms with E-state index in [1.165, 1.54) is 0 Å². The first kappa shape index (κ1) is 16.9. The van der Waals surface area contributed by atoms with Gasteiger partial charge in [-0.05, 0) is 42.5 Å². The Morgan fingerprint density at radius 2 is 1.96 bits per heavy atom. The first-order chi connectivity index (χ1) is 11.1. The maximum atomic E-state index is 6.27. The van der Waals surface area contributed by atoms with Crippen molar-refractivity contribution in [2.45, 2.75) is 6.17 Å². The summed E-state index contributed by atoms with van der Waals surface area (Å²) < 4.78 is 0. The highest BCUT2D eigenvalue weighted by molar-refractivity contribution is 7.80. The first-order valence-electron chi connectivity index (χ1n) is 7.44. The number of fused-ring (bicyclic) bond motifs is 3. The van der Waals surface area contributed by atoms with E-state index in [1.54, 1.807) is 0 Å². The number of hydrazine groups is 1. The Hall–Kier alpha value is -1.99. The van der Waals surface area contributed by atoms with Crippen LogP contribution in [0.2, 0.25) is 5.02 Å². The molecule has 0 aliphatic carbocycles. The largest absolute Gasteiger partial charge is 0.870 e. The minimum absolute atomic E-state index is 0. The van der Waals surface area contributed by atoms with Gasteiger partial charge in [0, 0.05) is 17.6 Å². The molecule has 1 unspecified atom stereocenters. The summed E-state index contributed by atoms with van der Waals surface area (Å²) in [5.74, 6) is 0. The van der Waals surface area contributed by atoms with Crippen molar-refractivity contribution in [2.24, 2.45) is 0 Å². The van der Waals surface area contributed by atoms with Gasteiger partial charge in [0.05, 0.1) is 11.3 Å². The van der Waals surface area contributed by atoms with Gasteiger partial charge in [-0.15, -0.1) is 0 Å². The second kappa shape index (κ2) is 6.49. The third-order valence-corrected chi connectivity index (χ3v) is 4.77. The molecule has 2 aliphatic heterocycles. The van der Waals surface area contributed by atoms with E-state index in [4.69, 9.17) is 23.8 Å². The van der Waals surface area contributed by atoms with Crippen LogP contribution in [0.3, 0.4) is 0 Å². The Labute approximate surface area is 150 Å². The van der Waals surface area contributed by atoms with Crippen LogP contribution in [0.4, 0.5) is 5.69 Å². The smallest absolute Gasteiger partial charge is 0.215 e. The quantitative estimate of drug-likeness (QED) is 0.742. The molecular formula is C17H17ClN4OS. The molecule has 0 bridgehead atoms. The van der Waals surface area contributed by atoms with Gasteiger partial charge in [-0.3, -0.25) is 10.3 Å². The molecule has 2 aliphatic rings. The molecule has 7 heteroatoms. The lowest BCUT2D eigenvalue weighted by atomic mass is 10.0. The van der Waals surface area contributed by atoms with Crippen molar-refractivity contribution < 1.29 is 10.5 Å². The molecule has 0 saturated carbocycles. The van der Waals surface area contributed by atoms with Crippen LogP contribution in [0.5, 0.6) is 0 Å². The van der Waals surface area contributed by atoms with E-state index in [9.17, 15) is 0 Å². The monoisotopic (exact) mass is 360 g/mol. The van der Waals surface area contributed by atoms with E-state index >= 15 is 0 Å². The highest BCUT2D eigenvalue weighted by atomic mass is 35.5. The summed E-state index contributed by atoms with van der Waals surface area (Å²) in [5.41, 5.74) is 7.54. The van der Waals surface area contributed by atoms with Gasteiger partial charge >= 0.3 is 0 Å². The zero-order chi connectivity index (χ0) is 16.0. The molecule has 4 rings (SSSR count). The van der Waals surface area contributed by atoms with Gasteiger partial charge in [0.15, 0.2) is 17.8 Å². The summed E-state index contributed by atoms with van der Waals surface area (Å²) in [5, 5.41) is 3.45. The first-order valence-corrected chi connectivity index (χ1v) is 8.22. The van der Waals surface area contributed by atoms with Crippen molar-refractivity contribution in [3.05, 3.63) is 64.7 Å².